The van der Waals surface area contributed by atoms with Crippen LogP contribution in [0.1, 0.15) is 32.6 Å². The van der Waals surface area contributed by atoms with Gasteiger partial charge in [0, 0.05) is 19.6 Å². The van der Waals surface area contributed by atoms with Gasteiger partial charge in [-0.2, -0.15) is 0 Å². The summed E-state index contributed by atoms with van der Waals surface area (Å²) in [6.45, 7) is 3.99. The fourth-order valence-corrected chi connectivity index (χ4v) is 2.55. The number of ether oxygens (including phenoxy) is 2. The van der Waals surface area contributed by atoms with Crippen molar-refractivity contribution in [1.29, 1.82) is 0 Å². The zero-order chi connectivity index (χ0) is 9.73. The molecule has 0 aromatic heterocycles. The SMILES string of the molecule is CCCC1CCC1(COC)COC. The Morgan fingerprint density at radius 2 is 1.85 bits per heavy atom. The molecule has 0 N–H and O–H groups in total. The van der Waals surface area contributed by atoms with Crippen LogP contribution < -0.4 is 0 Å². The molecule has 0 aromatic rings. The molecular weight excluding hydrogens is 164 g/mol. The van der Waals surface area contributed by atoms with Crippen LogP contribution >= 0.6 is 0 Å². The van der Waals surface area contributed by atoms with Crippen LogP contribution in [0, 0.1) is 11.3 Å². The summed E-state index contributed by atoms with van der Waals surface area (Å²) in [5.74, 6) is 0.831. The molecule has 1 atom stereocenters. The first-order chi connectivity index (χ1) is 6.29. The van der Waals surface area contributed by atoms with Crippen LogP contribution in [0.25, 0.3) is 0 Å². The molecular formula is C11H22O2. The minimum absolute atomic E-state index is 0.347. The third kappa shape index (κ3) is 2.23. The molecule has 2 nitrogen and oxygen atoms in total. The molecule has 1 aliphatic rings. The lowest BCUT2D eigenvalue weighted by Crippen LogP contribution is -2.47. The van der Waals surface area contributed by atoms with E-state index in [0.29, 0.717) is 5.41 Å². The second-order valence-corrected chi connectivity index (χ2v) is 4.25. The second-order valence-electron chi connectivity index (χ2n) is 4.25. The first-order valence-electron chi connectivity index (χ1n) is 5.27. The number of hydrogen-bond donors (Lipinski definition) is 0. The van der Waals surface area contributed by atoms with Crippen LogP contribution in [0.2, 0.25) is 0 Å². The van der Waals surface area contributed by atoms with E-state index in [-0.39, 0.29) is 0 Å². The summed E-state index contributed by atoms with van der Waals surface area (Å²) < 4.78 is 10.6. The van der Waals surface area contributed by atoms with Crippen LogP contribution in [0.15, 0.2) is 0 Å². The largest absolute Gasteiger partial charge is 0.384 e. The van der Waals surface area contributed by atoms with Gasteiger partial charge in [-0.15, -0.1) is 0 Å². The predicted molar refractivity (Wildman–Crippen MR) is 53.8 cm³/mol. The zero-order valence-electron chi connectivity index (χ0n) is 9.14. The zero-order valence-corrected chi connectivity index (χ0v) is 9.14. The molecule has 1 fully saturated rings. The first kappa shape index (κ1) is 11.0. The van der Waals surface area contributed by atoms with Crippen molar-refractivity contribution in [3.8, 4) is 0 Å². The normalized spacial score (nSPS) is 25.6. The smallest absolute Gasteiger partial charge is 0.0543 e. The molecule has 0 amide bonds. The van der Waals surface area contributed by atoms with Gasteiger partial charge in [0.15, 0.2) is 0 Å². The lowest BCUT2D eigenvalue weighted by atomic mass is 9.59. The van der Waals surface area contributed by atoms with Crippen molar-refractivity contribution in [2.45, 2.75) is 32.6 Å². The average Bonchev–Trinajstić information content (AvgIpc) is 2.12. The Morgan fingerprint density at radius 1 is 1.23 bits per heavy atom. The van der Waals surface area contributed by atoms with Crippen LogP contribution in [0.3, 0.4) is 0 Å². The molecule has 0 radical (unpaired) electrons. The Morgan fingerprint density at radius 3 is 2.15 bits per heavy atom. The maximum atomic E-state index is 5.30. The first-order valence-corrected chi connectivity index (χ1v) is 5.27. The van der Waals surface area contributed by atoms with Gasteiger partial charge in [-0.05, 0) is 18.8 Å². The van der Waals surface area contributed by atoms with Gasteiger partial charge in [0.25, 0.3) is 0 Å². The highest BCUT2D eigenvalue weighted by Gasteiger charge is 2.45. The monoisotopic (exact) mass is 186 g/mol. The lowest BCUT2D eigenvalue weighted by molar-refractivity contribution is -0.0933. The number of methoxy groups -OCH3 is 2. The molecule has 13 heavy (non-hydrogen) atoms. The van der Waals surface area contributed by atoms with E-state index in [4.69, 9.17) is 9.47 Å². The molecule has 0 heterocycles. The van der Waals surface area contributed by atoms with Gasteiger partial charge in [0.2, 0.25) is 0 Å². The van der Waals surface area contributed by atoms with E-state index < -0.39 is 0 Å². The second kappa shape index (κ2) is 4.97. The van der Waals surface area contributed by atoms with E-state index in [2.05, 4.69) is 6.92 Å². The van der Waals surface area contributed by atoms with Crippen molar-refractivity contribution < 1.29 is 9.47 Å². The topological polar surface area (TPSA) is 18.5 Å². The minimum atomic E-state index is 0.347. The summed E-state index contributed by atoms with van der Waals surface area (Å²) >= 11 is 0. The summed E-state index contributed by atoms with van der Waals surface area (Å²) in [7, 11) is 3.58. The van der Waals surface area contributed by atoms with Gasteiger partial charge in [0.1, 0.15) is 0 Å². The van der Waals surface area contributed by atoms with E-state index >= 15 is 0 Å². The van der Waals surface area contributed by atoms with Crippen molar-refractivity contribution in [1.82, 2.24) is 0 Å². The average molecular weight is 186 g/mol. The summed E-state index contributed by atoms with van der Waals surface area (Å²) in [6.07, 6.45) is 5.24. The van der Waals surface area contributed by atoms with Gasteiger partial charge in [-0.25, -0.2) is 0 Å². The highest BCUT2D eigenvalue weighted by atomic mass is 16.5. The van der Waals surface area contributed by atoms with E-state index in [0.717, 1.165) is 19.1 Å². The summed E-state index contributed by atoms with van der Waals surface area (Å²) in [5, 5.41) is 0. The molecule has 2 heteroatoms. The standard InChI is InChI=1S/C11H22O2/c1-4-5-10-6-7-11(10,8-12-2)9-13-3/h10H,4-9H2,1-3H3. The van der Waals surface area contributed by atoms with Crippen LogP contribution in [-0.4, -0.2) is 27.4 Å². The maximum Gasteiger partial charge on any atom is 0.0543 e. The number of rotatable bonds is 6. The van der Waals surface area contributed by atoms with Crippen molar-refractivity contribution >= 4 is 0 Å². The van der Waals surface area contributed by atoms with Crippen LogP contribution in [0.4, 0.5) is 0 Å². The van der Waals surface area contributed by atoms with Gasteiger partial charge < -0.3 is 9.47 Å². The van der Waals surface area contributed by atoms with E-state index in [1.54, 1.807) is 14.2 Å². The molecule has 0 bridgehead atoms. The highest BCUT2D eigenvalue weighted by Crippen LogP contribution is 2.49. The molecule has 0 saturated heterocycles. The third-order valence-corrected chi connectivity index (χ3v) is 3.36. The predicted octanol–water partition coefficient (Wildman–Crippen LogP) is 2.48. The summed E-state index contributed by atoms with van der Waals surface area (Å²) in [4.78, 5) is 0. The van der Waals surface area contributed by atoms with Gasteiger partial charge >= 0.3 is 0 Å². The quantitative estimate of drug-likeness (QED) is 0.634. The maximum absolute atomic E-state index is 5.30. The van der Waals surface area contributed by atoms with E-state index in [1.165, 1.54) is 25.7 Å². The van der Waals surface area contributed by atoms with Gasteiger partial charge in [-0.1, -0.05) is 19.8 Å². The van der Waals surface area contributed by atoms with Gasteiger partial charge in [0.05, 0.1) is 13.2 Å². The Kier molecular flexibility index (Phi) is 4.20. The Bertz CT molecular complexity index is 139. The van der Waals surface area contributed by atoms with E-state index in [1.807, 2.05) is 0 Å². The fraction of sp³-hybridized carbons (Fsp3) is 1.00. The molecule has 0 spiro atoms. The molecule has 1 saturated carbocycles. The van der Waals surface area contributed by atoms with Crippen molar-refractivity contribution in [3.63, 3.8) is 0 Å². The molecule has 78 valence electrons. The Balaban J connectivity index is 2.46. The van der Waals surface area contributed by atoms with Crippen molar-refractivity contribution in [2.75, 3.05) is 27.4 Å². The van der Waals surface area contributed by atoms with Crippen LogP contribution in [-0.2, 0) is 9.47 Å². The summed E-state index contributed by atoms with van der Waals surface area (Å²) in [5.41, 5.74) is 0.347. The third-order valence-electron chi connectivity index (χ3n) is 3.36. The molecule has 1 aliphatic carbocycles. The number of hydrogen-bond acceptors (Lipinski definition) is 2. The van der Waals surface area contributed by atoms with Gasteiger partial charge in [-0.3, -0.25) is 0 Å². The van der Waals surface area contributed by atoms with Crippen molar-refractivity contribution in [3.05, 3.63) is 0 Å². The molecule has 0 aliphatic heterocycles. The fourth-order valence-electron chi connectivity index (χ4n) is 2.55. The van der Waals surface area contributed by atoms with Crippen LogP contribution in [0.5, 0.6) is 0 Å². The van der Waals surface area contributed by atoms with Crippen molar-refractivity contribution in [2.24, 2.45) is 11.3 Å². The Hall–Kier alpha value is -0.0800. The molecule has 0 aromatic carbocycles. The van der Waals surface area contributed by atoms with E-state index in [9.17, 15) is 0 Å². The summed E-state index contributed by atoms with van der Waals surface area (Å²) in [6, 6.07) is 0. The molecule has 1 rings (SSSR count). The highest BCUT2D eigenvalue weighted by molar-refractivity contribution is 4.95. The Labute approximate surface area is 81.6 Å². The lowest BCUT2D eigenvalue weighted by Gasteiger charge is -2.49. The molecule has 1 unspecified atom stereocenters. The minimum Gasteiger partial charge on any atom is -0.384 e.